The lowest BCUT2D eigenvalue weighted by molar-refractivity contribution is -0.274. The Morgan fingerprint density at radius 2 is 1.80 bits per heavy atom. The van der Waals surface area contributed by atoms with E-state index in [1.807, 2.05) is 0 Å². The summed E-state index contributed by atoms with van der Waals surface area (Å²) in [5.41, 5.74) is 0.327. The summed E-state index contributed by atoms with van der Waals surface area (Å²) >= 11 is 0. The Bertz CT molecular complexity index is 648. The van der Waals surface area contributed by atoms with Gasteiger partial charge in [-0.2, -0.15) is 0 Å². The number of piperidine rings is 1. The number of nitrogens with one attached hydrogen (secondary N) is 2. The Balaban J connectivity index is 1.77. The van der Waals surface area contributed by atoms with E-state index in [9.17, 15) is 26.4 Å². The second kappa shape index (κ2) is 8.39. The molecular formula is C14H18F3N3O4S. The van der Waals surface area contributed by atoms with E-state index in [0.717, 1.165) is 12.1 Å². The van der Waals surface area contributed by atoms with Crippen LogP contribution in [-0.2, 0) is 10.7 Å². The molecule has 11 heteroatoms. The molecule has 0 atom stereocenters. The number of thiol groups is 1. The molecule has 1 aliphatic heterocycles. The number of likely N-dealkylation sites (tertiary alicyclic amines) is 1. The summed E-state index contributed by atoms with van der Waals surface area (Å²) < 4.78 is 61.3. The van der Waals surface area contributed by atoms with Gasteiger partial charge in [0.1, 0.15) is 5.75 Å². The summed E-state index contributed by atoms with van der Waals surface area (Å²) in [6.45, 7) is 1.13. The van der Waals surface area contributed by atoms with Crippen LogP contribution in [0.1, 0.15) is 12.8 Å². The van der Waals surface area contributed by atoms with Gasteiger partial charge in [0.15, 0.2) is 10.7 Å². The van der Waals surface area contributed by atoms with Crippen LogP contribution in [0.25, 0.3) is 0 Å². The maximum absolute atomic E-state index is 12.1. The van der Waals surface area contributed by atoms with Crippen LogP contribution in [0, 0.1) is 0 Å². The zero-order valence-electron chi connectivity index (χ0n) is 13.1. The predicted molar refractivity (Wildman–Crippen MR) is 85.1 cm³/mol. The number of alkyl halides is 3. The first-order chi connectivity index (χ1) is 11.7. The Labute approximate surface area is 144 Å². The highest BCUT2D eigenvalue weighted by molar-refractivity contribution is 7.72. The molecule has 1 aromatic carbocycles. The zero-order valence-corrected chi connectivity index (χ0v) is 14.0. The highest BCUT2D eigenvalue weighted by Crippen LogP contribution is 2.24. The largest absolute Gasteiger partial charge is 0.573 e. The number of anilines is 1. The van der Waals surface area contributed by atoms with Crippen LogP contribution in [0.5, 0.6) is 5.75 Å². The number of ether oxygens (including phenoxy) is 1. The van der Waals surface area contributed by atoms with E-state index in [0.29, 0.717) is 31.6 Å². The van der Waals surface area contributed by atoms with Crippen LogP contribution >= 0.6 is 0 Å². The first kappa shape index (κ1) is 19.3. The SMILES string of the molecule is O=C(Nc1ccc(OC(F)(F)F)cc1)NC1CCN(C[SH](=O)=O)CC1. The van der Waals surface area contributed by atoms with Gasteiger partial charge in [-0.3, -0.25) is 4.90 Å². The molecule has 1 fully saturated rings. The second-order valence-electron chi connectivity index (χ2n) is 5.54. The minimum absolute atomic E-state index is 0.0145. The van der Waals surface area contributed by atoms with Crippen molar-refractivity contribution in [2.45, 2.75) is 25.2 Å². The number of nitrogens with zero attached hydrogens (tertiary/aromatic N) is 1. The molecule has 2 rings (SSSR count). The van der Waals surface area contributed by atoms with Crippen molar-refractivity contribution >= 4 is 22.4 Å². The first-order valence-electron chi connectivity index (χ1n) is 7.49. The van der Waals surface area contributed by atoms with E-state index in [4.69, 9.17) is 0 Å². The quantitative estimate of drug-likeness (QED) is 0.677. The van der Waals surface area contributed by atoms with Crippen molar-refractivity contribution < 1.29 is 31.1 Å². The van der Waals surface area contributed by atoms with Gasteiger partial charge >= 0.3 is 12.4 Å². The molecule has 1 saturated heterocycles. The number of amides is 2. The summed E-state index contributed by atoms with van der Waals surface area (Å²) in [4.78, 5) is 13.7. The van der Waals surface area contributed by atoms with Crippen LogP contribution < -0.4 is 15.4 Å². The number of carbonyl (C=O) groups is 1. The third kappa shape index (κ3) is 7.18. The van der Waals surface area contributed by atoms with Gasteiger partial charge in [-0.1, -0.05) is 0 Å². The summed E-state index contributed by atoms with van der Waals surface area (Å²) in [7, 11) is -2.45. The van der Waals surface area contributed by atoms with Crippen molar-refractivity contribution in [3.63, 3.8) is 0 Å². The highest BCUT2D eigenvalue weighted by atomic mass is 32.2. The highest BCUT2D eigenvalue weighted by Gasteiger charge is 2.31. The third-order valence-electron chi connectivity index (χ3n) is 3.58. The Hall–Kier alpha value is -2.01. The van der Waals surface area contributed by atoms with E-state index in [1.54, 1.807) is 4.90 Å². The predicted octanol–water partition coefficient (Wildman–Crippen LogP) is 1.74. The standard InChI is InChI=1S/C14H18F3N3O4S/c15-14(16,17)24-12-3-1-10(2-4-12)18-13(21)19-11-5-7-20(8-6-11)9-25(22)23/h1-4,11,25H,5-9H2,(H2,18,19,21). The minimum atomic E-state index is -4.76. The normalized spacial score (nSPS) is 16.6. The van der Waals surface area contributed by atoms with Crippen molar-refractivity contribution in [2.75, 3.05) is 24.3 Å². The van der Waals surface area contributed by atoms with Gasteiger partial charge in [0.25, 0.3) is 0 Å². The lowest BCUT2D eigenvalue weighted by atomic mass is 10.1. The van der Waals surface area contributed by atoms with Crippen LogP contribution in [0.3, 0.4) is 0 Å². The number of carbonyl (C=O) groups excluding carboxylic acids is 1. The van der Waals surface area contributed by atoms with Gasteiger partial charge in [0.05, 0.1) is 5.88 Å². The number of hydrogen-bond donors (Lipinski definition) is 3. The van der Waals surface area contributed by atoms with Gasteiger partial charge in [0.2, 0.25) is 0 Å². The maximum atomic E-state index is 12.1. The third-order valence-corrected chi connectivity index (χ3v) is 4.21. The summed E-state index contributed by atoms with van der Waals surface area (Å²) in [6.07, 6.45) is -3.52. The number of hydrogen-bond acceptors (Lipinski definition) is 5. The van der Waals surface area contributed by atoms with Gasteiger partial charge in [-0.15, -0.1) is 13.2 Å². The molecule has 1 aromatic rings. The maximum Gasteiger partial charge on any atom is 0.573 e. The number of rotatable bonds is 5. The fourth-order valence-electron chi connectivity index (χ4n) is 2.47. The average Bonchev–Trinajstić information content (AvgIpc) is 2.49. The fourth-order valence-corrected chi connectivity index (χ4v) is 3.08. The van der Waals surface area contributed by atoms with Crippen molar-refractivity contribution in [3.8, 4) is 5.75 Å². The molecule has 0 bridgehead atoms. The molecule has 0 aromatic heterocycles. The number of halogens is 3. The van der Waals surface area contributed by atoms with Crippen LogP contribution in [0.15, 0.2) is 24.3 Å². The fraction of sp³-hybridized carbons (Fsp3) is 0.500. The smallest absolute Gasteiger partial charge is 0.406 e. The Morgan fingerprint density at radius 1 is 1.20 bits per heavy atom. The summed E-state index contributed by atoms with van der Waals surface area (Å²) in [6, 6.07) is 4.24. The number of urea groups is 1. The van der Waals surface area contributed by atoms with Gasteiger partial charge in [-0.05, 0) is 37.1 Å². The lowest BCUT2D eigenvalue weighted by Crippen LogP contribution is -2.46. The molecule has 0 spiro atoms. The second-order valence-corrected chi connectivity index (χ2v) is 6.49. The van der Waals surface area contributed by atoms with Gasteiger partial charge < -0.3 is 15.4 Å². The molecule has 2 N–H and O–H groups in total. The molecule has 0 unspecified atom stereocenters. The van der Waals surface area contributed by atoms with Gasteiger partial charge in [-0.25, -0.2) is 13.2 Å². The molecule has 1 aliphatic rings. The first-order valence-corrected chi connectivity index (χ1v) is 8.85. The lowest BCUT2D eigenvalue weighted by Gasteiger charge is -2.30. The van der Waals surface area contributed by atoms with Crippen molar-refractivity contribution in [1.82, 2.24) is 10.2 Å². The molecule has 25 heavy (non-hydrogen) atoms. The topological polar surface area (TPSA) is 87.7 Å². The van der Waals surface area contributed by atoms with Crippen molar-refractivity contribution in [2.24, 2.45) is 0 Å². The Kier molecular flexibility index (Phi) is 6.48. The van der Waals surface area contributed by atoms with E-state index in [2.05, 4.69) is 15.4 Å². The molecule has 0 aliphatic carbocycles. The monoisotopic (exact) mass is 381 g/mol. The zero-order chi connectivity index (χ0) is 18.4. The van der Waals surface area contributed by atoms with Crippen LogP contribution in [-0.4, -0.2) is 50.7 Å². The average molecular weight is 381 g/mol. The minimum Gasteiger partial charge on any atom is -0.406 e. The van der Waals surface area contributed by atoms with Gasteiger partial charge in [0, 0.05) is 24.8 Å². The number of benzene rings is 1. The molecule has 2 amide bonds. The van der Waals surface area contributed by atoms with E-state index in [1.165, 1.54) is 12.1 Å². The van der Waals surface area contributed by atoms with Crippen molar-refractivity contribution in [1.29, 1.82) is 0 Å². The van der Waals surface area contributed by atoms with E-state index >= 15 is 0 Å². The van der Waals surface area contributed by atoms with Crippen molar-refractivity contribution in [3.05, 3.63) is 24.3 Å². The molecule has 0 saturated carbocycles. The molecule has 0 radical (unpaired) electrons. The summed E-state index contributed by atoms with van der Waals surface area (Å²) in [5, 5.41) is 5.28. The van der Waals surface area contributed by atoms with E-state index < -0.39 is 23.1 Å². The van der Waals surface area contributed by atoms with E-state index in [-0.39, 0.29) is 17.7 Å². The molecule has 140 valence electrons. The molecular weight excluding hydrogens is 363 g/mol. The Morgan fingerprint density at radius 3 is 2.32 bits per heavy atom. The molecule has 7 nitrogen and oxygen atoms in total. The molecule has 1 heterocycles. The summed E-state index contributed by atoms with van der Waals surface area (Å²) in [5.74, 6) is -0.358. The van der Waals surface area contributed by atoms with Crippen LogP contribution in [0.2, 0.25) is 0 Å². The van der Waals surface area contributed by atoms with Crippen LogP contribution in [0.4, 0.5) is 23.7 Å².